The molecule has 0 fully saturated rings. The molecule has 0 aliphatic rings. The van der Waals surface area contributed by atoms with Gasteiger partial charge in [0.1, 0.15) is 0 Å². The molecule has 0 saturated heterocycles. The van der Waals surface area contributed by atoms with Gasteiger partial charge in [-0.1, -0.05) is 82.2 Å². The van der Waals surface area contributed by atoms with Gasteiger partial charge in [0.15, 0.2) is 0 Å². The molecule has 0 bridgehead atoms. The van der Waals surface area contributed by atoms with Gasteiger partial charge in [-0.25, -0.2) is 0 Å². The zero-order chi connectivity index (χ0) is 13.6. The third-order valence-corrected chi connectivity index (χ3v) is 4.95. The molecule has 1 heteroatoms. The molecule has 0 spiro atoms. The van der Waals surface area contributed by atoms with Crippen LogP contribution in [0.4, 0.5) is 0 Å². The van der Waals surface area contributed by atoms with Gasteiger partial charge in [-0.3, -0.25) is 0 Å². The van der Waals surface area contributed by atoms with E-state index < -0.39 is 0 Å². The van der Waals surface area contributed by atoms with E-state index in [0.717, 1.165) is 0 Å². The van der Waals surface area contributed by atoms with Crippen molar-refractivity contribution < 1.29 is 0 Å². The van der Waals surface area contributed by atoms with Crippen LogP contribution in [-0.4, -0.2) is 12.3 Å². The van der Waals surface area contributed by atoms with E-state index >= 15 is 0 Å². The minimum Gasteiger partial charge on any atom is -0.122 e. The Kier molecular flexibility index (Phi) is 11.1. The van der Waals surface area contributed by atoms with E-state index in [4.69, 9.17) is 0 Å². The summed E-state index contributed by atoms with van der Waals surface area (Å²) in [5.74, 6) is 0. The summed E-state index contributed by atoms with van der Waals surface area (Å²) in [6.07, 6.45) is 15.7. The van der Waals surface area contributed by atoms with Gasteiger partial charge in [0.2, 0.25) is 0 Å². The molecule has 0 N–H and O–H groups in total. The average molecular weight is 278 g/mol. The van der Waals surface area contributed by atoms with E-state index in [-0.39, 0.29) is 0 Å². The van der Waals surface area contributed by atoms with Crippen LogP contribution in [0.3, 0.4) is 0 Å². The highest BCUT2D eigenvalue weighted by atomic mass is 31.1. The Morgan fingerprint density at radius 1 is 0.737 bits per heavy atom. The summed E-state index contributed by atoms with van der Waals surface area (Å²) in [6, 6.07) is 10.9. The topological polar surface area (TPSA) is 0 Å². The number of hydrogen-bond acceptors (Lipinski definition) is 0. The second-order valence-electron chi connectivity index (χ2n) is 5.46. The SMILES string of the molecule is CCCCCCCCCCPCCc1ccccc1. The molecular weight excluding hydrogens is 247 g/mol. The van der Waals surface area contributed by atoms with E-state index in [1.165, 1.54) is 84.3 Å². The van der Waals surface area contributed by atoms with Gasteiger partial charge in [0.05, 0.1) is 0 Å². The van der Waals surface area contributed by atoms with Crippen LogP contribution in [0.25, 0.3) is 0 Å². The van der Waals surface area contributed by atoms with Gasteiger partial charge >= 0.3 is 0 Å². The highest BCUT2D eigenvalue weighted by molar-refractivity contribution is 7.37. The molecular formula is C18H31P. The fourth-order valence-corrected chi connectivity index (χ4v) is 3.60. The number of aryl methyl sites for hydroxylation is 1. The van der Waals surface area contributed by atoms with E-state index in [1.807, 2.05) is 0 Å². The zero-order valence-corrected chi connectivity index (χ0v) is 13.7. The maximum Gasteiger partial charge on any atom is -0.0242 e. The van der Waals surface area contributed by atoms with Gasteiger partial charge in [-0.15, -0.1) is 8.58 Å². The lowest BCUT2D eigenvalue weighted by Crippen LogP contribution is -1.88. The maximum atomic E-state index is 2.29. The normalized spacial score (nSPS) is 11.4. The van der Waals surface area contributed by atoms with Crippen molar-refractivity contribution in [2.24, 2.45) is 0 Å². The van der Waals surface area contributed by atoms with Crippen molar-refractivity contribution in [2.75, 3.05) is 12.3 Å². The lowest BCUT2D eigenvalue weighted by Gasteiger charge is -2.03. The Bertz CT molecular complexity index is 281. The number of rotatable bonds is 12. The van der Waals surface area contributed by atoms with Crippen molar-refractivity contribution in [3.05, 3.63) is 35.9 Å². The predicted molar refractivity (Wildman–Crippen MR) is 90.8 cm³/mol. The standard InChI is InChI=1S/C18H31P/c1-2-3-4-5-6-7-8-12-16-19-17-15-18-13-10-9-11-14-18/h9-11,13-14,19H,2-8,12,15-17H2,1H3. The third-order valence-electron chi connectivity index (χ3n) is 3.64. The summed E-state index contributed by atoms with van der Waals surface area (Å²) < 4.78 is 0. The molecule has 19 heavy (non-hydrogen) atoms. The molecule has 1 rings (SSSR count). The van der Waals surface area contributed by atoms with Crippen molar-refractivity contribution in [3.63, 3.8) is 0 Å². The molecule has 0 nitrogen and oxygen atoms in total. The van der Waals surface area contributed by atoms with Gasteiger partial charge in [-0.05, 0) is 30.7 Å². The van der Waals surface area contributed by atoms with Crippen LogP contribution in [0.15, 0.2) is 30.3 Å². The molecule has 1 unspecified atom stereocenters. The molecule has 0 aromatic heterocycles. The zero-order valence-electron chi connectivity index (χ0n) is 12.7. The van der Waals surface area contributed by atoms with E-state index in [9.17, 15) is 0 Å². The van der Waals surface area contributed by atoms with Crippen LogP contribution in [0, 0.1) is 0 Å². The number of benzene rings is 1. The van der Waals surface area contributed by atoms with Crippen LogP contribution in [0.5, 0.6) is 0 Å². The third kappa shape index (κ3) is 10.1. The highest BCUT2D eigenvalue weighted by Gasteiger charge is 1.94. The first-order valence-corrected chi connectivity index (χ1v) is 9.59. The summed E-state index contributed by atoms with van der Waals surface area (Å²) >= 11 is 0. The predicted octanol–water partition coefficient (Wildman–Crippen LogP) is 6.05. The highest BCUT2D eigenvalue weighted by Crippen LogP contribution is 2.17. The molecule has 0 aliphatic carbocycles. The number of unbranched alkanes of at least 4 members (excludes halogenated alkanes) is 7. The second kappa shape index (κ2) is 12.7. The molecule has 1 atom stereocenters. The van der Waals surface area contributed by atoms with Crippen molar-refractivity contribution >= 4 is 8.58 Å². The van der Waals surface area contributed by atoms with E-state index in [1.54, 1.807) is 0 Å². The fourth-order valence-electron chi connectivity index (χ4n) is 2.39. The fraction of sp³-hybridized carbons (Fsp3) is 0.667. The molecule has 108 valence electrons. The van der Waals surface area contributed by atoms with Crippen molar-refractivity contribution in [2.45, 2.75) is 64.7 Å². The quantitative estimate of drug-likeness (QED) is 0.322. The van der Waals surface area contributed by atoms with Crippen LogP contribution in [0.1, 0.15) is 63.9 Å². The maximum absolute atomic E-state index is 2.29. The van der Waals surface area contributed by atoms with Crippen LogP contribution in [0.2, 0.25) is 0 Å². The van der Waals surface area contributed by atoms with Crippen LogP contribution >= 0.6 is 8.58 Å². The smallest absolute Gasteiger partial charge is 0.0242 e. The first-order chi connectivity index (χ1) is 9.43. The Morgan fingerprint density at radius 3 is 2.05 bits per heavy atom. The summed E-state index contributed by atoms with van der Waals surface area (Å²) in [5, 5.41) is 0. The minimum absolute atomic E-state index is 1.17. The Balaban J connectivity index is 1.79. The number of hydrogen-bond donors (Lipinski definition) is 0. The Hall–Kier alpha value is -0.350. The van der Waals surface area contributed by atoms with Gasteiger partial charge in [0, 0.05) is 0 Å². The van der Waals surface area contributed by atoms with Gasteiger partial charge in [0.25, 0.3) is 0 Å². The molecule has 0 amide bonds. The van der Waals surface area contributed by atoms with Crippen LogP contribution in [-0.2, 0) is 6.42 Å². The molecule has 0 aliphatic heterocycles. The largest absolute Gasteiger partial charge is 0.122 e. The van der Waals surface area contributed by atoms with E-state index in [2.05, 4.69) is 37.3 Å². The lowest BCUT2D eigenvalue weighted by atomic mass is 10.1. The van der Waals surface area contributed by atoms with Gasteiger partial charge in [-0.2, -0.15) is 0 Å². The summed E-state index contributed by atoms with van der Waals surface area (Å²) in [5.41, 5.74) is 1.51. The first kappa shape index (κ1) is 16.7. The Labute approximate surface area is 122 Å². The molecule has 0 heterocycles. The summed E-state index contributed by atoms with van der Waals surface area (Å²) in [7, 11) is 1.17. The second-order valence-corrected chi connectivity index (χ2v) is 6.96. The molecule has 0 saturated carbocycles. The van der Waals surface area contributed by atoms with Crippen molar-refractivity contribution in [3.8, 4) is 0 Å². The summed E-state index contributed by atoms with van der Waals surface area (Å²) in [4.78, 5) is 0. The lowest BCUT2D eigenvalue weighted by molar-refractivity contribution is 0.586. The molecule has 0 radical (unpaired) electrons. The Morgan fingerprint density at radius 2 is 1.37 bits per heavy atom. The van der Waals surface area contributed by atoms with Crippen molar-refractivity contribution in [1.29, 1.82) is 0 Å². The molecule has 1 aromatic carbocycles. The average Bonchev–Trinajstić information content (AvgIpc) is 2.46. The first-order valence-electron chi connectivity index (χ1n) is 8.18. The van der Waals surface area contributed by atoms with E-state index in [0.29, 0.717) is 0 Å². The monoisotopic (exact) mass is 278 g/mol. The van der Waals surface area contributed by atoms with Crippen molar-refractivity contribution in [1.82, 2.24) is 0 Å². The van der Waals surface area contributed by atoms with Crippen LogP contribution < -0.4 is 0 Å². The van der Waals surface area contributed by atoms with Gasteiger partial charge < -0.3 is 0 Å². The summed E-state index contributed by atoms with van der Waals surface area (Å²) in [6.45, 7) is 2.29. The molecule has 1 aromatic rings. The minimum atomic E-state index is 1.17.